The Morgan fingerprint density at radius 2 is 2.21 bits per heavy atom. The van der Waals surface area contributed by atoms with E-state index in [1.807, 2.05) is 10.7 Å². The zero-order valence-electron chi connectivity index (χ0n) is 7.83. The van der Waals surface area contributed by atoms with E-state index in [9.17, 15) is 0 Å². The van der Waals surface area contributed by atoms with Crippen LogP contribution in [0.2, 0.25) is 5.15 Å². The Balaban J connectivity index is 2.79. The van der Waals surface area contributed by atoms with Crippen molar-refractivity contribution >= 4 is 38.4 Å². The Morgan fingerprint density at radius 3 is 2.86 bits per heavy atom. The maximum Gasteiger partial charge on any atom is 0.137 e. The fraction of sp³-hybridized carbons (Fsp3) is 0.333. The molecule has 0 unspecified atom stereocenters. The van der Waals surface area contributed by atoms with Crippen molar-refractivity contribution < 1.29 is 0 Å². The molecule has 0 N–H and O–H groups in total. The summed E-state index contributed by atoms with van der Waals surface area (Å²) in [6, 6.07) is 2.14. The number of pyridine rings is 1. The molecule has 2 aromatic rings. The minimum absolute atomic E-state index is 0.308. The first-order chi connectivity index (χ1) is 6.59. The standard InChI is InChI=1S/C9H9BrClN3/c1-5(2)14-7-3-8(11)12-4-6(7)9(10)13-14/h3-5H,1-2H3. The monoisotopic (exact) mass is 273 g/mol. The molecule has 0 saturated heterocycles. The molecule has 2 rings (SSSR count). The van der Waals surface area contributed by atoms with Gasteiger partial charge in [-0.1, -0.05) is 11.6 Å². The van der Waals surface area contributed by atoms with Crippen LogP contribution in [-0.2, 0) is 0 Å². The molecule has 3 nitrogen and oxygen atoms in total. The van der Waals surface area contributed by atoms with E-state index in [2.05, 4.69) is 39.9 Å². The predicted molar refractivity (Wildman–Crippen MR) is 60.6 cm³/mol. The van der Waals surface area contributed by atoms with Crippen molar-refractivity contribution in [3.8, 4) is 0 Å². The van der Waals surface area contributed by atoms with Crippen molar-refractivity contribution in [2.45, 2.75) is 19.9 Å². The van der Waals surface area contributed by atoms with Gasteiger partial charge in [-0.05, 0) is 29.8 Å². The Kier molecular flexibility index (Phi) is 2.49. The second-order valence-electron chi connectivity index (χ2n) is 3.35. The van der Waals surface area contributed by atoms with Crippen molar-refractivity contribution in [2.24, 2.45) is 0 Å². The molecule has 0 spiro atoms. The summed E-state index contributed by atoms with van der Waals surface area (Å²) in [4.78, 5) is 4.02. The molecule has 0 amide bonds. The van der Waals surface area contributed by atoms with E-state index < -0.39 is 0 Å². The van der Waals surface area contributed by atoms with Crippen LogP contribution in [0, 0.1) is 0 Å². The molecule has 0 radical (unpaired) electrons. The lowest BCUT2D eigenvalue weighted by Crippen LogP contribution is -2.02. The number of rotatable bonds is 1. The number of nitrogens with zero attached hydrogens (tertiary/aromatic N) is 3. The average molecular weight is 275 g/mol. The van der Waals surface area contributed by atoms with Gasteiger partial charge in [0.1, 0.15) is 9.76 Å². The number of hydrogen-bond acceptors (Lipinski definition) is 2. The quantitative estimate of drug-likeness (QED) is 0.746. The van der Waals surface area contributed by atoms with E-state index in [4.69, 9.17) is 11.6 Å². The minimum atomic E-state index is 0.308. The molecule has 2 aromatic heterocycles. The topological polar surface area (TPSA) is 30.7 Å². The highest BCUT2D eigenvalue weighted by molar-refractivity contribution is 9.10. The van der Waals surface area contributed by atoms with Gasteiger partial charge in [0.25, 0.3) is 0 Å². The molecule has 14 heavy (non-hydrogen) atoms. The zero-order valence-corrected chi connectivity index (χ0v) is 10.2. The van der Waals surface area contributed by atoms with Crippen molar-refractivity contribution in [2.75, 3.05) is 0 Å². The lowest BCUT2D eigenvalue weighted by Gasteiger charge is -2.06. The van der Waals surface area contributed by atoms with E-state index in [1.165, 1.54) is 0 Å². The van der Waals surface area contributed by atoms with Gasteiger partial charge >= 0.3 is 0 Å². The highest BCUT2D eigenvalue weighted by atomic mass is 79.9. The smallest absolute Gasteiger partial charge is 0.137 e. The van der Waals surface area contributed by atoms with E-state index >= 15 is 0 Å². The first-order valence-corrected chi connectivity index (χ1v) is 5.46. The van der Waals surface area contributed by atoms with Crippen molar-refractivity contribution in [3.05, 3.63) is 22.0 Å². The zero-order chi connectivity index (χ0) is 10.3. The summed E-state index contributed by atoms with van der Waals surface area (Å²) >= 11 is 9.23. The third kappa shape index (κ3) is 1.53. The second-order valence-corrected chi connectivity index (χ2v) is 4.49. The summed E-state index contributed by atoms with van der Waals surface area (Å²) < 4.78 is 2.73. The molecule has 2 heterocycles. The summed E-state index contributed by atoms with van der Waals surface area (Å²) in [5.41, 5.74) is 1.01. The van der Waals surface area contributed by atoms with E-state index in [1.54, 1.807) is 6.20 Å². The van der Waals surface area contributed by atoms with Gasteiger partial charge in [-0.25, -0.2) is 4.98 Å². The van der Waals surface area contributed by atoms with Gasteiger partial charge < -0.3 is 0 Å². The first kappa shape index (κ1) is 9.93. The highest BCUT2D eigenvalue weighted by Gasteiger charge is 2.11. The number of halogens is 2. The fourth-order valence-corrected chi connectivity index (χ4v) is 1.99. The highest BCUT2D eigenvalue weighted by Crippen LogP contribution is 2.26. The molecule has 0 aliphatic heterocycles. The number of fused-ring (bicyclic) bond motifs is 1. The largest absolute Gasteiger partial charge is 0.261 e. The summed E-state index contributed by atoms with van der Waals surface area (Å²) in [6.45, 7) is 4.15. The molecular formula is C9H9BrClN3. The fourth-order valence-electron chi connectivity index (χ4n) is 1.36. The number of hydrogen-bond donors (Lipinski definition) is 0. The molecule has 0 aliphatic rings. The molecule has 0 fully saturated rings. The van der Waals surface area contributed by atoms with Crippen LogP contribution in [0.1, 0.15) is 19.9 Å². The lowest BCUT2D eigenvalue weighted by molar-refractivity contribution is 0.548. The molecule has 0 aliphatic carbocycles. The summed E-state index contributed by atoms with van der Waals surface area (Å²) in [5, 5.41) is 5.85. The van der Waals surface area contributed by atoms with Gasteiger partial charge in [0.05, 0.1) is 10.9 Å². The van der Waals surface area contributed by atoms with Gasteiger partial charge in [-0.2, -0.15) is 5.10 Å². The minimum Gasteiger partial charge on any atom is -0.261 e. The maximum atomic E-state index is 5.84. The first-order valence-electron chi connectivity index (χ1n) is 4.29. The molecule has 0 aromatic carbocycles. The molecular weight excluding hydrogens is 265 g/mol. The normalized spacial score (nSPS) is 11.5. The Hall–Kier alpha value is -0.610. The van der Waals surface area contributed by atoms with Crippen LogP contribution in [0.3, 0.4) is 0 Å². The van der Waals surface area contributed by atoms with Gasteiger partial charge in [0.2, 0.25) is 0 Å². The van der Waals surface area contributed by atoms with Crippen LogP contribution < -0.4 is 0 Å². The molecule has 5 heteroatoms. The molecule has 0 atom stereocenters. The van der Waals surface area contributed by atoms with Gasteiger partial charge in [-0.3, -0.25) is 4.68 Å². The Bertz CT molecular complexity index is 478. The van der Waals surface area contributed by atoms with Gasteiger partial charge in [0, 0.05) is 18.3 Å². The molecule has 0 bridgehead atoms. The van der Waals surface area contributed by atoms with Crippen LogP contribution in [0.5, 0.6) is 0 Å². The van der Waals surface area contributed by atoms with Gasteiger partial charge in [-0.15, -0.1) is 0 Å². The van der Waals surface area contributed by atoms with Crippen LogP contribution in [0.25, 0.3) is 10.9 Å². The van der Waals surface area contributed by atoms with E-state index in [0.29, 0.717) is 11.2 Å². The van der Waals surface area contributed by atoms with Crippen LogP contribution in [0.4, 0.5) is 0 Å². The summed E-state index contributed by atoms with van der Waals surface area (Å²) in [6.07, 6.45) is 1.73. The van der Waals surface area contributed by atoms with E-state index in [0.717, 1.165) is 15.5 Å². The Morgan fingerprint density at radius 1 is 1.50 bits per heavy atom. The molecule has 74 valence electrons. The predicted octanol–water partition coefficient (Wildman–Crippen LogP) is 3.43. The average Bonchev–Trinajstić information content (AvgIpc) is 2.43. The Labute approximate surface area is 95.2 Å². The summed E-state index contributed by atoms with van der Waals surface area (Å²) in [7, 11) is 0. The van der Waals surface area contributed by atoms with Crippen LogP contribution >= 0.6 is 27.5 Å². The lowest BCUT2D eigenvalue weighted by atomic mass is 10.3. The SMILES string of the molecule is CC(C)n1nc(Br)c2cnc(Cl)cc21. The van der Waals surface area contributed by atoms with Crippen LogP contribution in [-0.4, -0.2) is 14.8 Å². The van der Waals surface area contributed by atoms with Crippen LogP contribution in [0.15, 0.2) is 16.9 Å². The third-order valence-corrected chi connectivity index (χ3v) is 2.79. The maximum absolute atomic E-state index is 5.84. The van der Waals surface area contributed by atoms with Gasteiger partial charge in [0.15, 0.2) is 0 Å². The molecule has 0 saturated carbocycles. The van der Waals surface area contributed by atoms with E-state index in [-0.39, 0.29) is 0 Å². The summed E-state index contributed by atoms with van der Waals surface area (Å²) in [5.74, 6) is 0. The van der Waals surface area contributed by atoms with Crippen molar-refractivity contribution in [1.82, 2.24) is 14.8 Å². The third-order valence-electron chi connectivity index (χ3n) is 2.00. The van der Waals surface area contributed by atoms with Crippen molar-refractivity contribution in [1.29, 1.82) is 0 Å². The number of aromatic nitrogens is 3. The van der Waals surface area contributed by atoms with Crippen molar-refractivity contribution in [3.63, 3.8) is 0 Å². The second kappa shape index (κ2) is 3.51.